The summed E-state index contributed by atoms with van der Waals surface area (Å²) in [4.78, 5) is 14.7. The van der Waals surface area contributed by atoms with E-state index in [-0.39, 0.29) is 11.4 Å². The zero-order valence-electron chi connectivity index (χ0n) is 9.45. The normalized spacial score (nSPS) is 10.9. The lowest BCUT2D eigenvalue weighted by molar-refractivity contribution is -0.137. The van der Waals surface area contributed by atoms with E-state index in [1.807, 2.05) is 0 Å². The van der Waals surface area contributed by atoms with Gasteiger partial charge in [-0.05, 0) is 6.07 Å². The number of rotatable bonds is 4. The summed E-state index contributed by atoms with van der Waals surface area (Å²) in [5.74, 6) is -1.56. The molecule has 0 unspecified atom stereocenters. The number of aromatic nitrogens is 1. The van der Waals surface area contributed by atoms with Crippen molar-refractivity contribution in [3.8, 4) is 0 Å². The third-order valence-corrected chi connectivity index (χ3v) is 3.74. The van der Waals surface area contributed by atoms with Gasteiger partial charge in [-0.2, -0.15) is 0 Å². The molecule has 94 valence electrons. The average molecular weight is 259 g/mol. The van der Waals surface area contributed by atoms with E-state index in [0.717, 1.165) is 11.4 Å². The minimum atomic E-state index is -3.80. The molecule has 0 fully saturated rings. The van der Waals surface area contributed by atoms with Crippen molar-refractivity contribution in [1.82, 2.24) is 4.98 Å². The van der Waals surface area contributed by atoms with Gasteiger partial charge in [-0.15, -0.1) is 0 Å². The highest BCUT2D eigenvalue weighted by Crippen LogP contribution is 2.22. The van der Waals surface area contributed by atoms with Gasteiger partial charge in [0.1, 0.15) is 0 Å². The van der Waals surface area contributed by atoms with Gasteiger partial charge in [-0.25, -0.2) is 8.42 Å². The molecule has 1 aromatic rings. The van der Waals surface area contributed by atoms with Gasteiger partial charge in [0.25, 0.3) is 0 Å². The molecule has 2 N–H and O–H groups in total. The van der Waals surface area contributed by atoms with Crippen molar-refractivity contribution in [2.75, 3.05) is 29.9 Å². The first-order valence-corrected chi connectivity index (χ1v) is 6.22. The number of sulfonamides is 1. The minimum Gasteiger partial charge on any atom is -0.468 e. The Kier molecular flexibility index (Phi) is 3.89. The number of hydrogen-bond donors (Lipinski definition) is 1. The zero-order chi connectivity index (χ0) is 13.1. The Bertz CT molecular complexity index is 515. The monoisotopic (exact) mass is 259 g/mol. The van der Waals surface area contributed by atoms with Gasteiger partial charge >= 0.3 is 5.97 Å². The summed E-state index contributed by atoms with van der Waals surface area (Å²) in [6.45, 7) is 0. The van der Waals surface area contributed by atoms with Crippen molar-refractivity contribution >= 4 is 27.4 Å². The van der Waals surface area contributed by atoms with Crippen LogP contribution in [0.1, 0.15) is 0 Å². The largest absolute Gasteiger partial charge is 0.468 e. The number of nitrogens with two attached hydrogens (primary N) is 1. The van der Waals surface area contributed by atoms with Crippen molar-refractivity contribution in [3.63, 3.8) is 0 Å². The lowest BCUT2D eigenvalue weighted by Crippen LogP contribution is -2.33. The second-order valence-electron chi connectivity index (χ2n) is 3.23. The van der Waals surface area contributed by atoms with Crippen LogP contribution in [0.5, 0.6) is 0 Å². The lowest BCUT2D eigenvalue weighted by atomic mass is 10.3. The fourth-order valence-electron chi connectivity index (χ4n) is 1.14. The SMILES string of the molecule is COC(=O)CS(=O)(=O)N(C)c1ccncc1N. The van der Waals surface area contributed by atoms with Crippen molar-refractivity contribution in [2.24, 2.45) is 0 Å². The molecule has 1 rings (SSSR count). The molecule has 0 spiro atoms. The minimum absolute atomic E-state index is 0.212. The van der Waals surface area contributed by atoms with Gasteiger partial charge in [0.15, 0.2) is 5.75 Å². The van der Waals surface area contributed by atoms with Gasteiger partial charge in [-0.3, -0.25) is 14.1 Å². The van der Waals surface area contributed by atoms with Crippen molar-refractivity contribution in [3.05, 3.63) is 18.5 Å². The molecule has 7 nitrogen and oxygen atoms in total. The smallest absolute Gasteiger partial charge is 0.322 e. The first kappa shape index (κ1) is 13.2. The van der Waals surface area contributed by atoms with E-state index in [2.05, 4.69) is 9.72 Å². The Labute approximate surface area is 99.2 Å². The van der Waals surface area contributed by atoms with Crippen molar-refractivity contribution in [2.45, 2.75) is 0 Å². The molecular formula is C9H13N3O4S. The molecule has 8 heteroatoms. The van der Waals surface area contributed by atoms with E-state index < -0.39 is 21.7 Å². The third kappa shape index (κ3) is 3.06. The van der Waals surface area contributed by atoms with Gasteiger partial charge in [0, 0.05) is 13.2 Å². The summed E-state index contributed by atoms with van der Waals surface area (Å²) < 4.78 is 28.8. The number of carbonyl (C=O) groups excluding carboxylic acids is 1. The number of carbonyl (C=O) groups is 1. The van der Waals surface area contributed by atoms with Gasteiger partial charge in [0.05, 0.1) is 24.7 Å². The summed E-state index contributed by atoms with van der Waals surface area (Å²) in [6.07, 6.45) is 2.75. The predicted octanol–water partition coefficient (Wildman–Crippen LogP) is -0.397. The van der Waals surface area contributed by atoms with Crippen LogP contribution in [0.3, 0.4) is 0 Å². The maximum atomic E-state index is 11.8. The van der Waals surface area contributed by atoms with Crippen LogP contribution in [0, 0.1) is 0 Å². The molecule has 0 radical (unpaired) electrons. The van der Waals surface area contributed by atoms with E-state index in [9.17, 15) is 13.2 Å². The number of methoxy groups -OCH3 is 1. The maximum Gasteiger partial charge on any atom is 0.322 e. The van der Waals surface area contributed by atoms with Crippen LogP contribution in [0.15, 0.2) is 18.5 Å². The standard InChI is InChI=1S/C9H13N3O4S/c1-12(8-3-4-11-5-7(8)10)17(14,15)6-9(13)16-2/h3-5H,6,10H2,1-2H3. The summed E-state index contributed by atoms with van der Waals surface area (Å²) in [6, 6.07) is 1.45. The Hall–Kier alpha value is -1.83. The molecule has 0 saturated heterocycles. The van der Waals surface area contributed by atoms with Crippen LogP contribution in [-0.2, 0) is 19.6 Å². The fourth-order valence-corrected chi connectivity index (χ4v) is 2.22. The molecule has 0 aliphatic heterocycles. The number of hydrogen-bond acceptors (Lipinski definition) is 6. The number of nitrogens with zero attached hydrogens (tertiary/aromatic N) is 2. The summed E-state index contributed by atoms with van der Waals surface area (Å²) in [7, 11) is -1.36. The van der Waals surface area contributed by atoms with Crippen LogP contribution in [0.2, 0.25) is 0 Å². The summed E-state index contributed by atoms with van der Waals surface area (Å²) in [5.41, 5.74) is 6.08. The third-order valence-electron chi connectivity index (χ3n) is 2.11. The van der Waals surface area contributed by atoms with E-state index in [1.165, 1.54) is 25.5 Å². The molecule has 0 aromatic carbocycles. The highest BCUT2D eigenvalue weighted by atomic mass is 32.2. The molecule has 0 aliphatic carbocycles. The maximum absolute atomic E-state index is 11.8. The van der Waals surface area contributed by atoms with E-state index in [4.69, 9.17) is 5.73 Å². The van der Waals surface area contributed by atoms with Crippen LogP contribution >= 0.6 is 0 Å². The highest BCUT2D eigenvalue weighted by molar-refractivity contribution is 7.93. The Balaban J connectivity index is 3.01. The number of esters is 1. The highest BCUT2D eigenvalue weighted by Gasteiger charge is 2.24. The number of anilines is 2. The second kappa shape index (κ2) is 5.00. The Morgan fingerprint density at radius 1 is 1.59 bits per heavy atom. The molecule has 0 atom stereocenters. The molecular weight excluding hydrogens is 246 g/mol. The Morgan fingerprint density at radius 3 is 2.76 bits per heavy atom. The van der Waals surface area contributed by atoms with Crippen LogP contribution in [0.25, 0.3) is 0 Å². The van der Waals surface area contributed by atoms with Crippen molar-refractivity contribution < 1.29 is 17.9 Å². The molecule has 0 bridgehead atoms. The van der Waals surface area contributed by atoms with Gasteiger partial charge in [-0.1, -0.05) is 0 Å². The lowest BCUT2D eigenvalue weighted by Gasteiger charge is -2.19. The molecule has 0 saturated carbocycles. The van der Waals surface area contributed by atoms with Crippen molar-refractivity contribution in [1.29, 1.82) is 0 Å². The number of nitrogen functional groups attached to an aromatic ring is 1. The molecule has 17 heavy (non-hydrogen) atoms. The topological polar surface area (TPSA) is 103 Å². The summed E-state index contributed by atoms with van der Waals surface area (Å²) >= 11 is 0. The van der Waals surface area contributed by atoms with Crippen LogP contribution in [-0.4, -0.2) is 39.3 Å². The van der Waals surface area contributed by atoms with E-state index in [1.54, 1.807) is 0 Å². The predicted molar refractivity (Wildman–Crippen MR) is 62.9 cm³/mol. The Morgan fingerprint density at radius 2 is 2.24 bits per heavy atom. The summed E-state index contributed by atoms with van der Waals surface area (Å²) in [5, 5.41) is 0. The average Bonchev–Trinajstić information content (AvgIpc) is 2.28. The number of pyridine rings is 1. The zero-order valence-corrected chi connectivity index (χ0v) is 10.3. The van der Waals surface area contributed by atoms with Crippen LogP contribution < -0.4 is 10.0 Å². The van der Waals surface area contributed by atoms with Gasteiger partial charge in [0.2, 0.25) is 10.0 Å². The van der Waals surface area contributed by atoms with E-state index in [0.29, 0.717) is 0 Å². The fraction of sp³-hybridized carbons (Fsp3) is 0.333. The first-order valence-electron chi connectivity index (χ1n) is 4.61. The van der Waals surface area contributed by atoms with Gasteiger partial charge < -0.3 is 10.5 Å². The molecule has 0 amide bonds. The molecule has 0 aliphatic rings. The first-order chi connectivity index (χ1) is 7.88. The van der Waals surface area contributed by atoms with E-state index >= 15 is 0 Å². The second-order valence-corrected chi connectivity index (χ2v) is 5.23. The van der Waals surface area contributed by atoms with Crippen LogP contribution in [0.4, 0.5) is 11.4 Å². The quantitative estimate of drug-likeness (QED) is 0.738. The molecule has 1 aromatic heterocycles. The molecule has 1 heterocycles. The number of ether oxygens (including phenoxy) is 1.